The van der Waals surface area contributed by atoms with Gasteiger partial charge in [-0.3, -0.25) is 9.59 Å². The van der Waals surface area contributed by atoms with Gasteiger partial charge in [-0.15, -0.1) is 0 Å². The normalized spacial score (nSPS) is 18.6. The molecule has 32 heavy (non-hydrogen) atoms. The first-order valence-electron chi connectivity index (χ1n) is 10.9. The van der Waals surface area contributed by atoms with Crippen molar-refractivity contribution in [1.29, 1.82) is 0 Å². The molecule has 0 radical (unpaired) electrons. The zero-order valence-corrected chi connectivity index (χ0v) is 18.9. The molecule has 1 aliphatic rings. The Morgan fingerprint density at radius 1 is 1.06 bits per heavy atom. The maximum atomic E-state index is 13.1. The largest absolute Gasteiger partial charge is 0.449 e. The van der Waals surface area contributed by atoms with E-state index in [4.69, 9.17) is 16.0 Å². The predicted molar refractivity (Wildman–Crippen MR) is 126 cm³/mol. The Kier molecular flexibility index (Phi) is 6.77. The fraction of sp³-hybridized carbons (Fsp3) is 0.375. The zero-order chi connectivity index (χ0) is 22.7. The summed E-state index contributed by atoms with van der Waals surface area (Å²) in [6.45, 7) is 4.27. The van der Waals surface area contributed by atoms with Crippen LogP contribution in [0.1, 0.15) is 50.1 Å². The van der Waals surface area contributed by atoms with Crippen LogP contribution in [-0.2, 0) is 4.79 Å². The van der Waals surface area contributed by atoms with Crippen LogP contribution in [-0.4, -0.2) is 28.9 Å². The van der Waals surface area contributed by atoms with Crippen LogP contribution in [0.25, 0.3) is 11.0 Å². The standard InChI is InChI=1S/C24H27ClN4O3/c1-14(2)27-17-10-7-15(8-11-17)23(30)29-21-18-5-3-4-6-19(18)32-22(21)24(31)28-20-12-9-16(25)13-26-20/h3-6,9,12-15,17,27H,7-8,10-11H2,1-2H3,(H,29,30)(H,26,28,31)/t15-,17-. The number of para-hydroxylation sites is 1. The van der Waals surface area contributed by atoms with Crippen molar-refractivity contribution < 1.29 is 14.0 Å². The number of benzene rings is 1. The van der Waals surface area contributed by atoms with Crippen LogP contribution in [0, 0.1) is 5.92 Å². The Balaban J connectivity index is 1.52. The SMILES string of the molecule is CC(C)N[C@H]1CC[C@H](C(=O)Nc2c(C(=O)Nc3ccc(Cl)cn3)oc3ccccc23)CC1. The minimum atomic E-state index is -0.490. The van der Waals surface area contributed by atoms with Crippen LogP contribution in [0.5, 0.6) is 0 Å². The first-order chi connectivity index (χ1) is 15.4. The molecule has 0 aliphatic heterocycles. The van der Waals surface area contributed by atoms with Gasteiger partial charge in [0.25, 0.3) is 5.91 Å². The maximum Gasteiger partial charge on any atom is 0.294 e. The van der Waals surface area contributed by atoms with Crippen molar-refractivity contribution in [2.24, 2.45) is 5.92 Å². The first-order valence-corrected chi connectivity index (χ1v) is 11.3. The number of rotatable bonds is 6. The summed E-state index contributed by atoms with van der Waals surface area (Å²) >= 11 is 5.86. The average molecular weight is 455 g/mol. The van der Waals surface area contributed by atoms with E-state index in [0.29, 0.717) is 39.6 Å². The van der Waals surface area contributed by atoms with Gasteiger partial charge in [0.2, 0.25) is 11.7 Å². The summed E-state index contributed by atoms with van der Waals surface area (Å²) in [7, 11) is 0. The van der Waals surface area contributed by atoms with E-state index in [-0.39, 0.29) is 17.6 Å². The summed E-state index contributed by atoms with van der Waals surface area (Å²) in [5, 5.41) is 10.4. The van der Waals surface area contributed by atoms with E-state index in [0.717, 1.165) is 25.7 Å². The lowest BCUT2D eigenvalue weighted by Gasteiger charge is -2.29. The molecule has 0 atom stereocenters. The highest BCUT2D eigenvalue weighted by Crippen LogP contribution is 2.33. The lowest BCUT2D eigenvalue weighted by Crippen LogP contribution is -2.39. The number of halogens is 1. The highest BCUT2D eigenvalue weighted by atomic mass is 35.5. The predicted octanol–water partition coefficient (Wildman–Crippen LogP) is 5.23. The highest BCUT2D eigenvalue weighted by Gasteiger charge is 2.29. The van der Waals surface area contributed by atoms with E-state index in [9.17, 15) is 9.59 Å². The van der Waals surface area contributed by atoms with E-state index >= 15 is 0 Å². The Morgan fingerprint density at radius 2 is 1.81 bits per heavy atom. The van der Waals surface area contributed by atoms with Gasteiger partial charge in [0.15, 0.2) is 0 Å². The second-order valence-electron chi connectivity index (χ2n) is 8.48. The van der Waals surface area contributed by atoms with Crippen LogP contribution in [0.15, 0.2) is 47.0 Å². The Morgan fingerprint density at radius 3 is 2.50 bits per heavy atom. The van der Waals surface area contributed by atoms with Gasteiger partial charge in [0, 0.05) is 29.6 Å². The van der Waals surface area contributed by atoms with Crippen molar-refractivity contribution in [3.63, 3.8) is 0 Å². The molecule has 2 heterocycles. The number of amides is 2. The molecule has 0 spiro atoms. The topological polar surface area (TPSA) is 96.3 Å². The number of pyridine rings is 1. The quantitative estimate of drug-likeness (QED) is 0.474. The van der Waals surface area contributed by atoms with Gasteiger partial charge >= 0.3 is 0 Å². The average Bonchev–Trinajstić information content (AvgIpc) is 3.14. The number of anilines is 2. The molecule has 0 bridgehead atoms. The molecule has 1 aromatic carbocycles. The van der Waals surface area contributed by atoms with Crippen LogP contribution in [0.4, 0.5) is 11.5 Å². The molecule has 0 saturated heterocycles. The van der Waals surface area contributed by atoms with Crippen LogP contribution < -0.4 is 16.0 Å². The maximum absolute atomic E-state index is 13.1. The molecule has 2 aromatic heterocycles. The third kappa shape index (κ3) is 5.11. The van der Waals surface area contributed by atoms with E-state index in [1.807, 2.05) is 18.2 Å². The summed E-state index contributed by atoms with van der Waals surface area (Å²) in [6, 6.07) is 11.4. The third-order valence-electron chi connectivity index (χ3n) is 5.69. The Labute approximate surface area is 191 Å². The van der Waals surface area contributed by atoms with E-state index in [1.165, 1.54) is 6.20 Å². The second-order valence-corrected chi connectivity index (χ2v) is 8.91. The molecular formula is C24H27ClN4O3. The van der Waals surface area contributed by atoms with Crippen molar-refractivity contribution in [3.8, 4) is 0 Å². The van der Waals surface area contributed by atoms with Gasteiger partial charge in [0.05, 0.1) is 5.02 Å². The number of hydrogen-bond donors (Lipinski definition) is 3. The van der Waals surface area contributed by atoms with Crippen molar-refractivity contribution in [2.45, 2.75) is 51.6 Å². The Bertz CT molecular complexity index is 1100. The summed E-state index contributed by atoms with van der Waals surface area (Å²) in [4.78, 5) is 30.1. The summed E-state index contributed by atoms with van der Waals surface area (Å²) in [5.41, 5.74) is 0.918. The van der Waals surface area contributed by atoms with Crippen molar-refractivity contribution in [2.75, 3.05) is 10.6 Å². The van der Waals surface area contributed by atoms with Crippen molar-refractivity contribution in [1.82, 2.24) is 10.3 Å². The number of nitrogens with zero attached hydrogens (tertiary/aromatic N) is 1. The van der Waals surface area contributed by atoms with E-state index in [1.54, 1.807) is 18.2 Å². The number of fused-ring (bicyclic) bond motifs is 1. The number of aromatic nitrogens is 1. The van der Waals surface area contributed by atoms with Crippen molar-refractivity contribution >= 4 is 45.9 Å². The summed E-state index contributed by atoms with van der Waals surface area (Å²) in [6.07, 6.45) is 4.98. The molecule has 1 saturated carbocycles. The number of carbonyl (C=O) groups excluding carboxylic acids is 2. The number of carbonyl (C=O) groups is 2. The van der Waals surface area contributed by atoms with Gasteiger partial charge in [-0.2, -0.15) is 0 Å². The number of hydrogen-bond acceptors (Lipinski definition) is 5. The number of furan rings is 1. The second kappa shape index (κ2) is 9.71. The molecule has 3 aromatic rings. The van der Waals surface area contributed by atoms with E-state index in [2.05, 4.69) is 34.8 Å². The molecule has 7 nitrogen and oxygen atoms in total. The van der Waals surface area contributed by atoms with Crippen LogP contribution in [0.2, 0.25) is 5.02 Å². The molecule has 0 unspecified atom stereocenters. The minimum Gasteiger partial charge on any atom is -0.449 e. The molecule has 3 N–H and O–H groups in total. The first kappa shape index (κ1) is 22.3. The van der Waals surface area contributed by atoms with Gasteiger partial charge < -0.3 is 20.4 Å². The molecule has 2 amide bonds. The minimum absolute atomic E-state index is 0.0476. The van der Waals surface area contributed by atoms with E-state index < -0.39 is 5.91 Å². The van der Waals surface area contributed by atoms with Gasteiger partial charge in [-0.05, 0) is 49.9 Å². The number of nitrogens with one attached hydrogen (secondary N) is 3. The summed E-state index contributed by atoms with van der Waals surface area (Å²) < 4.78 is 5.82. The van der Waals surface area contributed by atoms with Crippen LogP contribution in [0.3, 0.4) is 0 Å². The fourth-order valence-electron chi connectivity index (χ4n) is 4.17. The van der Waals surface area contributed by atoms with Crippen molar-refractivity contribution in [3.05, 3.63) is 53.4 Å². The highest BCUT2D eigenvalue weighted by molar-refractivity contribution is 6.30. The van der Waals surface area contributed by atoms with Gasteiger partial charge in [-0.25, -0.2) is 4.98 Å². The van der Waals surface area contributed by atoms with Gasteiger partial charge in [-0.1, -0.05) is 37.6 Å². The lowest BCUT2D eigenvalue weighted by molar-refractivity contribution is -0.120. The smallest absolute Gasteiger partial charge is 0.294 e. The molecular weight excluding hydrogens is 428 g/mol. The molecule has 8 heteroatoms. The molecule has 1 aliphatic carbocycles. The lowest BCUT2D eigenvalue weighted by atomic mass is 9.85. The Hall–Kier alpha value is -2.90. The summed E-state index contributed by atoms with van der Waals surface area (Å²) in [5.74, 6) is -0.281. The zero-order valence-electron chi connectivity index (χ0n) is 18.2. The van der Waals surface area contributed by atoms with Gasteiger partial charge in [0.1, 0.15) is 17.1 Å². The molecule has 4 rings (SSSR count). The van der Waals surface area contributed by atoms with Crippen LogP contribution >= 0.6 is 11.6 Å². The molecule has 1 fully saturated rings. The third-order valence-corrected chi connectivity index (χ3v) is 5.91. The monoisotopic (exact) mass is 454 g/mol. The molecule has 168 valence electrons. The fourth-order valence-corrected chi connectivity index (χ4v) is 4.28.